The number of furan rings is 1. The highest BCUT2D eigenvalue weighted by atomic mass is 19.1. The Bertz CT molecular complexity index is 902. The van der Waals surface area contributed by atoms with Crippen molar-refractivity contribution in [3.63, 3.8) is 0 Å². The lowest BCUT2D eigenvalue weighted by atomic mass is 10.3. The number of hydrogen-bond donors (Lipinski definition) is 1. The third-order valence-corrected chi connectivity index (χ3v) is 3.22. The van der Waals surface area contributed by atoms with Gasteiger partial charge in [-0.3, -0.25) is 9.48 Å². The van der Waals surface area contributed by atoms with Crippen molar-refractivity contribution in [3.05, 3.63) is 71.9 Å². The number of benzene rings is 1. The number of esters is 1. The normalized spacial score (nSPS) is 10.5. The van der Waals surface area contributed by atoms with Crippen LogP contribution in [0, 0.1) is 11.6 Å². The molecule has 9 heteroatoms. The molecule has 3 aromatic rings. The van der Waals surface area contributed by atoms with Gasteiger partial charge in [-0.1, -0.05) is 0 Å². The van der Waals surface area contributed by atoms with Gasteiger partial charge in [-0.05, 0) is 30.3 Å². The predicted molar refractivity (Wildman–Crippen MR) is 85.3 cm³/mol. The molecule has 7 nitrogen and oxygen atoms in total. The Morgan fingerprint density at radius 2 is 1.96 bits per heavy atom. The van der Waals surface area contributed by atoms with Crippen molar-refractivity contribution in [2.45, 2.75) is 6.54 Å². The van der Waals surface area contributed by atoms with E-state index in [1.165, 1.54) is 6.07 Å². The summed E-state index contributed by atoms with van der Waals surface area (Å²) in [6, 6.07) is 7.32. The molecule has 1 amide bonds. The zero-order chi connectivity index (χ0) is 18.5. The van der Waals surface area contributed by atoms with E-state index in [1.54, 1.807) is 29.2 Å². The van der Waals surface area contributed by atoms with E-state index in [0.717, 1.165) is 12.1 Å². The number of halogens is 2. The fourth-order valence-electron chi connectivity index (χ4n) is 2.15. The molecule has 0 bridgehead atoms. The van der Waals surface area contributed by atoms with Crippen LogP contribution in [0.4, 0.5) is 14.5 Å². The van der Waals surface area contributed by atoms with Gasteiger partial charge < -0.3 is 14.5 Å². The molecule has 0 radical (unpaired) electrons. The molecule has 0 aliphatic carbocycles. The van der Waals surface area contributed by atoms with Crippen LogP contribution in [0.25, 0.3) is 0 Å². The maximum Gasteiger partial charge on any atom is 0.374 e. The number of aromatic nitrogens is 2. The molecule has 1 N–H and O–H groups in total. The SMILES string of the molecule is O=C(COC(=O)c1ccc(Cn2cccn2)o1)Nc1cc(F)cc(F)c1. The zero-order valence-electron chi connectivity index (χ0n) is 13.3. The summed E-state index contributed by atoms with van der Waals surface area (Å²) in [5.41, 5.74) is -0.0805. The van der Waals surface area contributed by atoms with Crippen LogP contribution in [-0.2, 0) is 16.1 Å². The summed E-state index contributed by atoms with van der Waals surface area (Å²) in [6.45, 7) is -0.294. The first-order valence-electron chi connectivity index (χ1n) is 7.49. The first-order valence-corrected chi connectivity index (χ1v) is 7.49. The van der Waals surface area contributed by atoms with E-state index in [-0.39, 0.29) is 11.4 Å². The fourth-order valence-corrected chi connectivity index (χ4v) is 2.15. The number of anilines is 1. The summed E-state index contributed by atoms with van der Waals surface area (Å²) < 4.78 is 37.9. The van der Waals surface area contributed by atoms with E-state index >= 15 is 0 Å². The van der Waals surface area contributed by atoms with Gasteiger partial charge in [-0.25, -0.2) is 13.6 Å². The number of nitrogens with zero attached hydrogens (tertiary/aromatic N) is 2. The monoisotopic (exact) mass is 361 g/mol. The molecule has 3 rings (SSSR count). The smallest absolute Gasteiger partial charge is 0.374 e. The molecular formula is C17H13F2N3O4. The summed E-state index contributed by atoms with van der Waals surface area (Å²) in [5, 5.41) is 6.24. The van der Waals surface area contributed by atoms with E-state index in [1.807, 2.05) is 0 Å². The molecule has 134 valence electrons. The van der Waals surface area contributed by atoms with Gasteiger partial charge in [0.1, 0.15) is 17.4 Å². The van der Waals surface area contributed by atoms with Crippen LogP contribution in [0.1, 0.15) is 16.3 Å². The Hall–Kier alpha value is -3.49. The third-order valence-electron chi connectivity index (χ3n) is 3.22. The summed E-state index contributed by atoms with van der Waals surface area (Å²) in [4.78, 5) is 23.6. The van der Waals surface area contributed by atoms with Gasteiger partial charge in [0.15, 0.2) is 6.61 Å². The van der Waals surface area contributed by atoms with Crippen molar-refractivity contribution in [1.82, 2.24) is 9.78 Å². The van der Waals surface area contributed by atoms with Gasteiger partial charge in [-0.15, -0.1) is 0 Å². The van der Waals surface area contributed by atoms with Crippen molar-refractivity contribution in [3.8, 4) is 0 Å². The fraction of sp³-hybridized carbons (Fsp3) is 0.118. The molecule has 0 unspecified atom stereocenters. The van der Waals surface area contributed by atoms with E-state index in [9.17, 15) is 18.4 Å². The average Bonchev–Trinajstić information content (AvgIpc) is 3.24. The molecule has 0 fully saturated rings. The second kappa shape index (κ2) is 7.60. The minimum Gasteiger partial charge on any atom is -0.452 e. The molecular weight excluding hydrogens is 348 g/mol. The van der Waals surface area contributed by atoms with Gasteiger partial charge >= 0.3 is 5.97 Å². The van der Waals surface area contributed by atoms with Crippen molar-refractivity contribution in [2.24, 2.45) is 0 Å². The van der Waals surface area contributed by atoms with E-state index in [0.29, 0.717) is 18.4 Å². The topological polar surface area (TPSA) is 86.4 Å². The second-order valence-corrected chi connectivity index (χ2v) is 5.25. The number of carbonyl (C=O) groups is 2. The number of carbonyl (C=O) groups excluding carboxylic acids is 2. The minimum atomic E-state index is -0.836. The maximum atomic E-state index is 13.1. The quantitative estimate of drug-likeness (QED) is 0.682. The van der Waals surface area contributed by atoms with Crippen LogP contribution in [0.2, 0.25) is 0 Å². The first-order chi connectivity index (χ1) is 12.5. The summed E-state index contributed by atoms with van der Waals surface area (Å²) in [7, 11) is 0. The van der Waals surface area contributed by atoms with Crippen molar-refractivity contribution < 1.29 is 27.5 Å². The van der Waals surface area contributed by atoms with Gasteiger partial charge in [0, 0.05) is 24.1 Å². The van der Waals surface area contributed by atoms with Gasteiger partial charge in [0.2, 0.25) is 5.76 Å². The number of hydrogen-bond acceptors (Lipinski definition) is 5. The van der Waals surface area contributed by atoms with Gasteiger partial charge in [0.25, 0.3) is 5.91 Å². The molecule has 1 aromatic carbocycles. The molecule has 0 spiro atoms. The number of nitrogens with one attached hydrogen (secondary N) is 1. The van der Waals surface area contributed by atoms with E-state index in [2.05, 4.69) is 10.4 Å². The Labute approximate surface area is 146 Å². The largest absolute Gasteiger partial charge is 0.452 e. The Kier molecular flexibility index (Phi) is 5.07. The molecule has 0 aliphatic rings. The van der Waals surface area contributed by atoms with E-state index in [4.69, 9.17) is 9.15 Å². The second-order valence-electron chi connectivity index (χ2n) is 5.25. The maximum absolute atomic E-state index is 13.1. The molecule has 0 atom stereocenters. The highest BCUT2D eigenvalue weighted by molar-refractivity contribution is 5.94. The molecule has 0 saturated carbocycles. The number of amides is 1. The van der Waals surface area contributed by atoms with Crippen LogP contribution in [0.3, 0.4) is 0 Å². The molecule has 2 heterocycles. The van der Waals surface area contributed by atoms with Crippen LogP contribution in [0.15, 0.2) is 53.2 Å². The first kappa shape index (κ1) is 17.3. The number of rotatable bonds is 6. The Morgan fingerprint density at radius 1 is 1.19 bits per heavy atom. The number of ether oxygens (including phenoxy) is 1. The Morgan fingerprint density at radius 3 is 2.65 bits per heavy atom. The third kappa shape index (κ3) is 4.53. The summed E-state index contributed by atoms with van der Waals surface area (Å²) in [6.07, 6.45) is 3.35. The molecule has 26 heavy (non-hydrogen) atoms. The highest BCUT2D eigenvalue weighted by Gasteiger charge is 2.15. The predicted octanol–water partition coefficient (Wildman–Crippen LogP) is 2.60. The van der Waals surface area contributed by atoms with E-state index < -0.39 is 30.1 Å². The highest BCUT2D eigenvalue weighted by Crippen LogP contribution is 2.13. The van der Waals surface area contributed by atoms with Gasteiger partial charge in [-0.2, -0.15) is 5.10 Å². The standard InChI is InChI=1S/C17H13F2N3O4/c18-11-6-12(19)8-13(7-11)21-16(23)10-25-17(24)15-3-2-14(26-15)9-22-5-1-4-20-22/h1-8H,9-10H2,(H,21,23). The van der Waals surface area contributed by atoms with Crippen molar-refractivity contribution in [1.29, 1.82) is 0 Å². The molecule has 0 saturated heterocycles. The molecule has 2 aromatic heterocycles. The minimum absolute atomic E-state index is 0.0724. The Balaban J connectivity index is 1.52. The lowest BCUT2D eigenvalue weighted by Gasteiger charge is -2.06. The molecule has 0 aliphatic heterocycles. The van der Waals surface area contributed by atoms with Crippen LogP contribution >= 0.6 is 0 Å². The van der Waals surface area contributed by atoms with Crippen LogP contribution in [0.5, 0.6) is 0 Å². The van der Waals surface area contributed by atoms with Crippen molar-refractivity contribution in [2.75, 3.05) is 11.9 Å². The zero-order valence-corrected chi connectivity index (χ0v) is 13.3. The lowest BCUT2D eigenvalue weighted by Crippen LogP contribution is -2.20. The van der Waals surface area contributed by atoms with Crippen LogP contribution < -0.4 is 5.32 Å². The average molecular weight is 361 g/mol. The summed E-state index contributed by atoms with van der Waals surface area (Å²) in [5.74, 6) is -2.84. The van der Waals surface area contributed by atoms with Gasteiger partial charge in [0.05, 0.1) is 6.54 Å². The van der Waals surface area contributed by atoms with Crippen molar-refractivity contribution >= 4 is 17.6 Å². The summed E-state index contributed by atoms with van der Waals surface area (Å²) >= 11 is 0. The van der Waals surface area contributed by atoms with Crippen LogP contribution in [-0.4, -0.2) is 28.3 Å². The lowest BCUT2D eigenvalue weighted by molar-refractivity contribution is -0.119.